The number of thioether (sulfide) groups is 1. The van der Waals surface area contributed by atoms with Gasteiger partial charge in [0, 0.05) is 17.1 Å². The molecule has 0 aliphatic carbocycles. The molecule has 0 spiro atoms. The second-order valence-electron chi connectivity index (χ2n) is 4.70. The lowest BCUT2D eigenvalue weighted by Gasteiger charge is -2.31. The number of hydrogen-bond donors (Lipinski definition) is 2. The fraction of sp³-hybridized carbons (Fsp3) is 0.667. The maximum atomic E-state index is 10.4. The minimum absolute atomic E-state index is 0.559. The van der Waals surface area contributed by atoms with Crippen LogP contribution < -0.4 is 5.32 Å². The van der Waals surface area contributed by atoms with Gasteiger partial charge >= 0.3 is 0 Å². The van der Waals surface area contributed by atoms with Gasteiger partial charge in [-0.1, -0.05) is 11.8 Å². The normalized spacial score (nSPS) is 19.2. The van der Waals surface area contributed by atoms with Crippen molar-refractivity contribution in [3.63, 3.8) is 0 Å². The van der Waals surface area contributed by atoms with Crippen molar-refractivity contribution < 1.29 is 5.11 Å². The van der Waals surface area contributed by atoms with Gasteiger partial charge in [0.1, 0.15) is 0 Å². The Bertz CT molecular complexity index is 371. The summed E-state index contributed by atoms with van der Waals surface area (Å²) in [6.07, 6.45) is 1.62. The Labute approximate surface area is 106 Å². The number of nitrogens with one attached hydrogen (secondary N) is 1. The van der Waals surface area contributed by atoms with E-state index in [0.29, 0.717) is 5.75 Å². The van der Waals surface area contributed by atoms with Crippen LogP contribution >= 0.6 is 11.8 Å². The molecule has 2 N–H and O–H groups in total. The molecule has 0 saturated carbocycles. The summed E-state index contributed by atoms with van der Waals surface area (Å²) in [5.74, 6) is 0.678. The predicted octanol–water partition coefficient (Wildman–Crippen LogP) is 1.30. The minimum atomic E-state index is -0.559. The summed E-state index contributed by atoms with van der Waals surface area (Å²) in [6, 6.07) is 1.96. The first-order valence-corrected chi connectivity index (χ1v) is 6.94. The Morgan fingerprint density at radius 1 is 1.29 bits per heavy atom. The van der Waals surface area contributed by atoms with Crippen LogP contribution in [0.25, 0.3) is 0 Å². The summed E-state index contributed by atoms with van der Waals surface area (Å²) < 4.78 is 0. The molecule has 5 heteroatoms. The second-order valence-corrected chi connectivity index (χ2v) is 5.64. The zero-order chi connectivity index (χ0) is 12.3. The van der Waals surface area contributed by atoms with Gasteiger partial charge in [0.15, 0.2) is 5.16 Å². The second kappa shape index (κ2) is 5.33. The van der Waals surface area contributed by atoms with E-state index in [1.165, 1.54) is 0 Å². The molecular weight excluding hydrogens is 234 g/mol. The maximum absolute atomic E-state index is 10.4. The quantitative estimate of drug-likeness (QED) is 0.628. The van der Waals surface area contributed by atoms with Gasteiger partial charge in [-0.3, -0.25) is 0 Å². The molecule has 2 heterocycles. The van der Waals surface area contributed by atoms with Gasteiger partial charge < -0.3 is 10.4 Å². The monoisotopic (exact) mass is 253 g/mol. The summed E-state index contributed by atoms with van der Waals surface area (Å²) in [7, 11) is 0. The van der Waals surface area contributed by atoms with Gasteiger partial charge in [0.05, 0.1) is 5.60 Å². The van der Waals surface area contributed by atoms with E-state index in [4.69, 9.17) is 0 Å². The van der Waals surface area contributed by atoms with Crippen molar-refractivity contribution >= 4 is 11.8 Å². The standard InChI is InChI=1S/C12H19N3OS/c1-9-7-10(2)15-11(14-9)17-8-12(16)3-5-13-6-4-12/h7,13,16H,3-6,8H2,1-2H3. The first-order valence-electron chi connectivity index (χ1n) is 5.96. The molecule has 17 heavy (non-hydrogen) atoms. The van der Waals surface area contributed by atoms with Crippen molar-refractivity contribution in [2.24, 2.45) is 0 Å². The van der Waals surface area contributed by atoms with E-state index < -0.39 is 5.60 Å². The summed E-state index contributed by atoms with van der Waals surface area (Å²) in [6.45, 7) is 5.73. The van der Waals surface area contributed by atoms with E-state index in [9.17, 15) is 5.11 Å². The minimum Gasteiger partial charge on any atom is -0.389 e. The number of aliphatic hydroxyl groups is 1. The van der Waals surface area contributed by atoms with Crippen LogP contribution in [0, 0.1) is 13.8 Å². The van der Waals surface area contributed by atoms with Gasteiger partial charge in [0.2, 0.25) is 0 Å². The lowest BCUT2D eigenvalue weighted by atomic mass is 9.95. The van der Waals surface area contributed by atoms with Gasteiger partial charge in [-0.15, -0.1) is 0 Å². The molecular formula is C12H19N3OS. The van der Waals surface area contributed by atoms with Crippen LogP contribution in [0.2, 0.25) is 0 Å². The van der Waals surface area contributed by atoms with Crippen molar-refractivity contribution in [3.05, 3.63) is 17.5 Å². The van der Waals surface area contributed by atoms with Gasteiger partial charge in [-0.2, -0.15) is 0 Å². The van der Waals surface area contributed by atoms with Crippen molar-refractivity contribution in [3.8, 4) is 0 Å². The largest absolute Gasteiger partial charge is 0.389 e. The molecule has 0 radical (unpaired) electrons. The summed E-state index contributed by atoms with van der Waals surface area (Å²) in [4.78, 5) is 8.75. The number of aromatic nitrogens is 2. The number of aryl methyl sites for hydroxylation is 2. The number of nitrogens with zero attached hydrogens (tertiary/aromatic N) is 2. The van der Waals surface area contributed by atoms with Gasteiger partial charge in [-0.05, 0) is 45.8 Å². The molecule has 1 fully saturated rings. The number of hydrogen-bond acceptors (Lipinski definition) is 5. The van der Waals surface area contributed by atoms with E-state index in [-0.39, 0.29) is 0 Å². The van der Waals surface area contributed by atoms with E-state index in [2.05, 4.69) is 15.3 Å². The summed E-state index contributed by atoms with van der Waals surface area (Å²) in [5, 5.41) is 14.4. The Hall–Kier alpha value is -0.650. The Balaban J connectivity index is 1.96. The first kappa shape index (κ1) is 12.8. The molecule has 1 aromatic rings. The highest BCUT2D eigenvalue weighted by molar-refractivity contribution is 7.99. The average molecular weight is 253 g/mol. The van der Waals surface area contributed by atoms with E-state index in [1.54, 1.807) is 11.8 Å². The smallest absolute Gasteiger partial charge is 0.188 e. The predicted molar refractivity (Wildman–Crippen MR) is 69.3 cm³/mol. The highest BCUT2D eigenvalue weighted by Crippen LogP contribution is 2.26. The average Bonchev–Trinajstić information content (AvgIpc) is 2.26. The van der Waals surface area contributed by atoms with Crippen LogP contribution in [0.1, 0.15) is 24.2 Å². The van der Waals surface area contributed by atoms with E-state index in [1.807, 2.05) is 19.9 Å². The third-order valence-electron chi connectivity index (χ3n) is 2.97. The molecule has 0 amide bonds. The highest BCUT2D eigenvalue weighted by Gasteiger charge is 2.29. The first-order chi connectivity index (χ1) is 8.07. The maximum Gasteiger partial charge on any atom is 0.188 e. The molecule has 1 aromatic heterocycles. The zero-order valence-corrected chi connectivity index (χ0v) is 11.2. The van der Waals surface area contributed by atoms with Crippen molar-refractivity contribution in [2.75, 3.05) is 18.8 Å². The topological polar surface area (TPSA) is 58.0 Å². The van der Waals surface area contributed by atoms with Crippen LogP contribution in [-0.2, 0) is 0 Å². The van der Waals surface area contributed by atoms with Gasteiger partial charge in [0.25, 0.3) is 0 Å². The van der Waals surface area contributed by atoms with E-state index in [0.717, 1.165) is 42.5 Å². The zero-order valence-electron chi connectivity index (χ0n) is 10.4. The van der Waals surface area contributed by atoms with Crippen LogP contribution in [0.3, 0.4) is 0 Å². The van der Waals surface area contributed by atoms with E-state index >= 15 is 0 Å². The summed E-state index contributed by atoms with van der Waals surface area (Å²) in [5.41, 5.74) is 1.41. The van der Waals surface area contributed by atoms with Crippen molar-refractivity contribution in [2.45, 2.75) is 37.4 Å². The van der Waals surface area contributed by atoms with Crippen molar-refractivity contribution in [1.82, 2.24) is 15.3 Å². The fourth-order valence-electron chi connectivity index (χ4n) is 1.99. The van der Waals surface area contributed by atoms with Crippen molar-refractivity contribution in [1.29, 1.82) is 0 Å². The molecule has 1 aliphatic heterocycles. The van der Waals surface area contributed by atoms with Crippen LogP contribution in [0.4, 0.5) is 0 Å². The third-order valence-corrected chi connectivity index (χ3v) is 4.09. The summed E-state index contributed by atoms with van der Waals surface area (Å²) >= 11 is 1.55. The SMILES string of the molecule is Cc1cc(C)nc(SCC2(O)CCNCC2)n1. The molecule has 4 nitrogen and oxygen atoms in total. The van der Waals surface area contributed by atoms with Crippen LogP contribution in [0.15, 0.2) is 11.2 Å². The Morgan fingerprint density at radius 3 is 2.47 bits per heavy atom. The Morgan fingerprint density at radius 2 is 1.88 bits per heavy atom. The molecule has 1 saturated heterocycles. The van der Waals surface area contributed by atoms with Crippen LogP contribution in [0.5, 0.6) is 0 Å². The number of rotatable bonds is 3. The molecule has 0 bridgehead atoms. The lowest BCUT2D eigenvalue weighted by molar-refractivity contribution is 0.0338. The molecule has 0 unspecified atom stereocenters. The molecule has 0 atom stereocenters. The molecule has 1 aliphatic rings. The fourth-order valence-corrected chi connectivity index (χ4v) is 3.10. The lowest BCUT2D eigenvalue weighted by Crippen LogP contribution is -2.43. The number of piperidine rings is 1. The highest BCUT2D eigenvalue weighted by atomic mass is 32.2. The van der Waals surface area contributed by atoms with Crippen LogP contribution in [-0.4, -0.2) is 39.5 Å². The molecule has 94 valence electrons. The Kier molecular flexibility index (Phi) is 4.01. The van der Waals surface area contributed by atoms with Gasteiger partial charge in [-0.25, -0.2) is 9.97 Å². The third kappa shape index (κ3) is 3.66. The molecule has 2 rings (SSSR count). The molecule has 0 aromatic carbocycles.